The topological polar surface area (TPSA) is 69.6 Å². The molecule has 3 rings (SSSR count). The second-order valence-electron chi connectivity index (χ2n) is 6.28. The average Bonchev–Trinajstić information content (AvgIpc) is 3.08. The number of nitrogens with one attached hydrogen (secondary N) is 1. The van der Waals surface area contributed by atoms with Crippen molar-refractivity contribution in [3.05, 3.63) is 60.2 Å². The van der Waals surface area contributed by atoms with Crippen LogP contribution in [-0.2, 0) is 9.59 Å². The molecule has 2 aromatic rings. The summed E-state index contributed by atoms with van der Waals surface area (Å²) in [5.41, 5.74) is 1.57. The zero-order valence-electron chi connectivity index (χ0n) is 14.6. The number of rotatable bonds is 6. The van der Waals surface area contributed by atoms with E-state index in [9.17, 15) is 14.7 Å². The van der Waals surface area contributed by atoms with Gasteiger partial charge in [-0.2, -0.15) is 0 Å². The highest BCUT2D eigenvalue weighted by Crippen LogP contribution is 2.25. The molecule has 2 aromatic carbocycles. The van der Waals surface area contributed by atoms with Crippen molar-refractivity contribution in [3.63, 3.8) is 0 Å². The third-order valence-corrected chi connectivity index (χ3v) is 5.28. The molecule has 2 atom stereocenters. The number of thioether (sulfide) groups is 1. The number of aliphatic hydroxyl groups excluding tert-OH is 1. The van der Waals surface area contributed by atoms with Crippen molar-refractivity contribution in [2.45, 2.75) is 17.4 Å². The van der Waals surface area contributed by atoms with Crippen LogP contribution in [0.3, 0.4) is 0 Å². The maximum Gasteiger partial charge on any atom is 0.227 e. The van der Waals surface area contributed by atoms with Crippen LogP contribution in [0.25, 0.3) is 0 Å². The van der Waals surface area contributed by atoms with Gasteiger partial charge in [-0.25, -0.2) is 0 Å². The molecule has 26 heavy (non-hydrogen) atoms. The molecule has 136 valence electrons. The van der Waals surface area contributed by atoms with E-state index >= 15 is 0 Å². The molecule has 1 heterocycles. The van der Waals surface area contributed by atoms with E-state index in [-0.39, 0.29) is 24.8 Å². The number of aliphatic hydroxyl groups is 1. The van der Waals surface area contributed by atoms with Crippen molar-refractivity contribution in [2.24, 2.45) is 5.92 Å². The second-order valence-corrected chi connectivity index (χ2v) is 7.15. The maximum absolute atomic E-state index is 12.4. The first-order valence-electron chi connectivity index (χ1n) is 8.53. The summed E-state index contributed by atoms with van der Waals surface area (Å²) in [6, 6.07) is 17.0. The van der Waals surface area contributed by atoms with Gasteiger partial charge in [-0.05, 0) is 36.1 Å². The third kappa shape index (κ3) is 4.26. The number of hydrogen-bond donors (Lipinski definition) is 2. The number of nitrogens with zero attached hydrogens (tertiary/aromatic N) is 1. The van der Waals surface area contributed by atoms with Crippen molar-refractivity contribution >= 4 is 29.3 Å². The highest BCUT2D eigenvalue weighted by atomic mass is 32.2. The minimum Gasteiger partial charge on any atom is -0.387 e. The van der Waals surface area contributed by atoms with Gasteiger partial charge in [0.05, 0.1) is 12.0 Å². The van der Waals surface area contributed by atoms with Gasteiger partial charge >= 0.3 is 0 Å². The lowest BCUT2D eigenvalue weighted by atomic mass is 10.1. The molecular weight excluding hydrogens is 348 g/mol. The zero-order chi connectivity index (χ0) is 18.5. The molecule has 0 aliphatic carbocycles. The van der Waals surface area contributed by atoms with E-state index in [1.54, 1.807) is 16.7 Å². The van der Waals surface area contributed by atoms with Gasteiger partial charge in [-0.1, -0.05) is 30.3 Å². The smallest absolute Gasteiger partial charge is 0.227 e. The van der Waals surface area contributed by atoms with Crippen molar-refractivity contribution in [3.8, 4) is 0 Å². The van der Waals surface area contributed by atoms with Crippen LogP contribution in [0, 0.1) is 5.92 Å². The van der Waals surface area contributed by atoms with Crippen molar-refractivity contribution in [2.75, 3.05) is 24.2 Å². The Morgan fingerprint density at radius 3 is 2.58 bits per heavy atom. The molecule has 6 heteroatoms. The number of para-hydroxylation sites is 1. The summed E-state index contributed by atoms with van der Waals surface area (Å²) < 4.78 is 0. The summed E-state index contributed by atoms with van der Waals surface area (Å²) >= 11 is 1.63. The summed E-state index contributed by atoms with van der Waals surface area (Å²) in [6.07, 6.45) is 1.42. The summed E-state index contributed by atoms with van der Waals surface area (Å²) in [4.78, 5) is 27.4. The Morgan fingerprint density at radius 2 is 1.92 bits per heavy atom. The van der Waals surface area contributed by atoms with Gasteiger partial charge in [0, 0.05) is 30.1 Å². The predicted octanol–water partition coefficient (Wildman–Crippen LogP) is 2.61. The molecule has 0 bridgehead atoms. The van der Waals surface area contributed by atoms with Crippen LogP contribution in [0.5, 0.6) is 0 Å². The molecule has 2 amide bonds. The lowest BCUT2D eigenvalue weighted by Gasteiger charge is -2.17. The number of carbonyl (C=O) groups excluding carboxylic acids is 2. The number of carbonyl (C=O) groups is 2. The van der Waals surface area contributed by atoms with Crippen LogP contribution in [-0.4, -0.2) is 36.3 Å². The van der Waals surface area contributed by atoms with Gasteiger partial charge in [-0.15, -0.1) is 11.8 Å². The Hall–Kier alpha value is -2.31. The first kappa shape index (κ1) is 18.5. The number of anilines is 1. The lowest BCUT2D eigenvalue weighted by Crippen LogP contribution is -2.35. The van der Waals surface area contributed by atoms with Gasteiger partial charge in [0.25, 0.3) is 0 Å². The normalized spacial score (nSPS) is 18.0. The first-order chi connectivity index (χ1) is 12.6. The van der Waals surface area contributed by atoms with Crippen LogP contribution in [0.4, 0.5) is 5.69 Å². The summed E-state index contributed by atoms with van der Waals surface area (Å²) in [6.45, 7) is 0.501. The molecule has 1 saturated heterocycles. The molecule has 2 unspecified atom stereocenters. The molecule has 0 spiro atoms. The van der Waals surface area contributed by atoms with Crippen molar-refractivity contribution in [1.29, 1.82) is 0 Å². The molecule has 1 aliphatic rings. The van der Waals surface area contributed by atoms with E-state index in [1.165, 1.54) is 0 Å². The molecule has 1 aliphatic heterocycles. The van der Waals surface area contributed by atoms with Gasteiger partial charge in [0.2, 0.25) is 11.8 Å². The third-order valence-electron chi connectivity index (χ3n) is 4.53. The van der Waals surface area contributed by atoms with Crippen LogP contribution < -0.4 is 10.2 Å². The maximum atomic E-state index is 12.4. The lowest BCUT2D eigenvalue weighted by molar-refractivity contribution is -0.126. The summed E-state index contributed by atoms with van der Waals surface area (Å²) in [5, 5.41) is 13.0. The van der Waals surface area contributed by atoms with E-state index in [0.717, 1.165) is 16.1 Å². The van der Waals surface area contributed by atoms with Crippen molar-refractivity contribution < 1.29 is 14.7 Å². The summed E-state index contributed by atoms with van der Waals surface area (Å²) in [5.74, 6) is -0.644. The van der Waals surface area contributed by atoms with Crippen molar-refractivity contribution in [1.82, 2.24) is 5.32 Å². The minimum absolute atomic E-state index is 0.0513. The minimum atomic E-state index is -0.766. The van der Waals surface area contributed by atoms with Gasteiger partial charge in [0.15, 0.2) is 0 Å². The average molecular weight is 370 g/mol. The molecule has 0 saturated carbocycles. The quantitative estimate of drug-likeness (QED) is 0.767. The highest BCUT2D eigenvalue weighted by Gasteiger charge is 2.35. The highest BCUT2D eigenvalue weighted by molar-refractivity contribution is 7.98. The molecule has 5 nitrogen and oxygen atoms in total. The Morgan fingerprint density at radius 1 is 1.23 bits per heavy atom. The van der Waals surface area contributed by atoms with Gasteiger partial charge < -0.3 is 15.3 Å². The van der Waals surface area contributed by atoms with Crippen LogP contribution >= 0.6 is 11.8 Å². The van der Waals surface area contributed by atoms with Crippen LogP contribution in [0.1, 0.15) is 18.1 Å². The fourth-order valence-corrected chi connectivity index (χ4v) is 3.43. The Balaban J connectivity index is 1.54. The molecule has 0 radical (unpaired) electrons. The van der Waals surface area contributed by atoms with E-state index in [2.05, 4.69) is 5.32 Å². The predicted molar refractivity (Wildman–Crippen MR) is 103 cm³/mol. The fraction of sp³-hybridized carbons (Fsp3) is 0.300. The zero-order valence-corrected chi connectivity index (χ0v) is 15.4. The largest absolute Gasteiger partial charge is 0.387 e. The molecular formula is C20H22N2O3S. The molecule has 2 N–H and O–H groups in total. The molecule has 0 aromatic heterocycles. The number of hydrogen-bond acceptors (Lipinski definition) is 4. The fourth-order valence-electron chi connectivity index (χ4n) is 3.03. The number of amides is 2. The Bertz CT molecular complexity index is 764. The SMILES string of the molecule is CSc1ccc(C(O)CNC(=O)C2CC(=O)N(c3ccccc3)C2)cc1. The monoisotopic (exact) mass is 370 g/mol. The van der Waals surface area contributed by atoms with Gasteiger partial charge in [-0.3, -0.25) is 9.59 Å². The Labute approximate surface area is 157 Å². The summed E-state index contributed by atoms with van der Waals surface area (Å²) in [7, 11) is 0. The van der Waals surface area contributed by atoms with Crippen LogP contribution in [0.2, 0.25) is 0 Å². The van der Waals surface area contributed by atoms with E-state index in [1.807, 2.05) is 60.9 Å². The number of benzene rings is 2. The van der Waals surface area contributed by atoms with E-state index in [0.29, 0.717) is 6.54 Å². The molecule has 1 fully saturated rings. The standard InChI is InChI=1S/C20H22N2O3S/c1-26-17-9-7-14(8-10-17)18(23)12-21-20(25)15-11-19(24)22(13-15)16-5-3-2-4-6-16/h2-10,15,18,23H,11-13H2,1H3,(H,21,25). The first-order valence-corrected chi connectivity index (χ1v) is 9.76. The van der Waals surface area contributed by atoms with E-state index in [4.69, 9.17) is 0 Å². The second kappa shape index (κ2) is 8.38. The Kier molecular flexibility index (Phi) is 5.96. The van der Waals surface area contributed by atoms with Crippen LogP contribution in [0.15, 0.2) is 59.5 Å². The van der Waals surface area contributed by atoms with E-state index < -0.39 is 12.0 Å². The van der Waals surface area contributed by atoms with Gasteiger partial charge in [0.1, 0.15) is 0 Å².